The van der Waals surface area contributed by atoms with Crippen LogP contribution in [0.2, 0.25) is 10.2 Å². The molecule has 2 N–H and O–H groups in total. The van der Waals surface area contributed by atoms with Gasteiger partial charge in [0.1, 0.15) is 23.9 Å². The van der Waals surface area contributed by atoms with Gasteiger partial charge in [-0.1, -0.05) is 23.2 Å². The number of benzene rings is 3. The van der Waals surface area contributed by atoms with Crippen molar-refractivity contribution in [2.24, 2.45) is 5.73 Å². The first-order valence-corrected chi connectivity index (χ1v) is 13.9. The van der Waals surface area contributed by atoms with Gasteiger partial charge in [-0.25, -0.2) is 13.2 Å². The Morgan fingerprint density at radius 2 is 1.65 bits per heavy atom. The number of carbonyl (C=O) groups is 3. The van der Waals surface area contributed by atoms with Gasteiger partial charge in [-0.15, -0.1) is 0 Å². The molecular formula is C31H15Cl2F9N4O3. The van der Waals surface area contributed by atoms with Crippen molar-refractivity contribution in [2.45, 2.75) is 24.9 Å². The van der Waals surface area contributed by atoms with Crippen molar-refractivity contribution in [2.75, 3.05) is 0 Å². The summed E-state index contributed by atoms with van der Waals surface area (Å²) in [6.45, 7) is 0. The Morgan fingerprint density at radius 1 is 1.00 bits per heavy atom. The monoisotopic (exact) mass is 732 g/mol. The van der Waals surface area contributed by atoms with Crippen molar-refractivity contribution in [1.82, 2.24) is 9.78 Å². The van der Waals surface area contributed by atoms with Crippen LogP contribution >= 0.6 is 23.2 Å². The maximum atomic E-state index is 14.6. The van der Waals surface area contributed by atoms with Crippen LogP contribution in [0.5, 0.6) is 0 Å². The van der Waals surface area contributed by atoms with Crippen LogP contribution in [0.15, 0.2) is 65.8 Å². The smallest absolute Gasteiger partial charge is 0.372 e. The molecule has 0 spiro atoms. The number of ketones is 1. The van der Waals surface area contributed by atoms with Crippen molar-refractivity contribution < 1.29 is 53.9 Å². The highest BCUT2D eigenvalue weighted by Crippen LogP contribution is 2.41. The molecule has 49 heavy (non-hydrogen) atoms. The average molecular weight is 733 g/mol. The largest absolute Gasteiger partial charge is 0.416 e. The molecule has 1 aromatic heterocycles. The summed E-state index contributed by atoms with van der Waals surface area (Å²) in [6.07, 6.45) is -12.3. The summed E-state index contributed by atoms with van der Waals surface area (Å²) in [6, 6.07) is 6.19. The average Bonchev–Trinajstić information content (AvgIpc) is 3.35. The van der Waals surface area contributed by atoms with E-state index in [9.17, 15) is 54.4 Å². The standard InChI is InChI=1S/C30H12Cl2F9N3O2.CH3NO/c31-22-2-1-16(33)9-20(22)26(45)24-19(12-3-14(29(36,37)38)7-17(34)5-12)10-23-25(21(24)11-42)27(32)43-44(23)28(46)13-4-15(30(39,40)41)8-18(35)6-13;2-1-3/h1-5,7-10,18H,6H2;1H,(H2,2,3). The van der Waals surface area contributed by atoms with E-state index in [-0.39, 0.29) is 23.6 Å². The minimum Gasteiger partial charge on any atom is -0.372 e. The van der Waals surface area contributed by atoms with Crippen LogP contribution in [0.1, 0.15) is 38.3 Å². The number of hydrogen-bond acceptors (Lipinski definition) is 5. The minimum atomic E-state index is -5.10. The molecule has 7 nitrogen and oxygen atoms in total. The Kier molecular flexibility index (Phi) is 10.3. The van der Waals surface area contributed by atoms with Crippen LogP contribution in [0.3, 0.4) is 0 Å². The van der Waals surface area contributed by atoms with E-state index in [1.165, 1.54) is 0 Å². The zero-order valence-corrected chi connectivity index (χ0v) is 25.4. The molecule has 1 atom stereocenters. The van der Waals surface area contributed by atoms with Crippen molar-refractivity contribution in [3.8, 4) is 17.2 Å². The Labute approximate surface area is 278 Å². The van der Waals surface area contributed by atoms with Gasteiger partial charge in [-0.2, -0.15) is 41.4 Å². The molecule has 18 heteroatoms. The molecule has 1 amide bonds. The summed E-state index contributed by atoms with van der Waals surface area (Å²) in [4.78, 5) is 35.9. The van der Waals surface area contributed by atoms with Gasteiger partial charge < -0.3 is 5.73 Å². The summed E-state index contributed by atoms with van der Waals surface area (Å²) in [5.74, 6) is -4.97. The van der Waals surface area contributed by atoms with Crippen LogP contribution in [-0.2, 0) is 11.0 Å². The predicted octanol–water partition coefficient (Wildman–Crippen LogP) is 8.31. The Morgan fingerprint density at radius 3 is 2.24 bits per heavy atom. The highest BCUT2D eigenvalue weighted by Gasteiger charge is 2.38. The Bertz CT molecular complexity index is 2130. The highest BCUT2D eigenvalue weighted by atomic mass is 35.5. The minimum absolute atomic E-state index is 0.150. The number of amides is 1. The topological polar surface area (TPSA) is 119 Å². The van der Waals surface area contributed by atoms with Gasteiger partial charge >= 0.3 is 12.4 Å². The number of fused-ring (bicyclic) bond motifs is 1. The van der Waals surface area contributed by atoms with Gasteiger partial charge in [0.2, 0.25) is 6.41 Å². The van der Waals surface area contributed by atoms with E-state index >= 15 is 0 Å². The van der Waals surface area contributed by atoms with E-state index < -0.39 is 109 Å². The molecule has 0 radical (unpaired) electrons. The van der Waals surface area contributed by atoms with Crippen molar-refractivity contribution in [3.05, 3.63) is 110 Å². The molecular weight excluding hydrogens is 718 g/mol. The zero-order valence-electron chi connectivity index (χ0n) is 23.9. The maximum absolute atomic E-state index is 14.6. The summed E-state index contributed by atoms with van der Waals surface area (Å²) < 4.78 is 124. The van der Waals surface area contributed by atoms with E-state index in [4.69, 9.17) is 28.0 Å². The molecule has 0 saturated carbocycles. The number of carbonyl (C=O) groups excluding carboxylic acids is 3. The number of nitriles is 1. The molecule has 1 unspecified atom stereocenters. The summed E-state index contributed by atoms with van der Waals surface area (Å²) >= 11 is 12.3. The third-order valence-electron chi connectivity index (χ3n) is 6.88. The zero-order chi connectivity index (χ0) is 36.6. The Balaban J connectivity index is 0.00000174. The molecule has 0 saturated heterocycles. The Hall–Kier alpha value is -5.14. The summed E-state index contributed by atoms with van der Waals surface area (Å²) in [7, 11) is 0. The number of nitrogens with two attached hydrogens (primary N) is 1. The molecule has 0 fully saturated rings. The number of nitrogens with zero attached hydrogens (tertiary/aromatic N) is 3. The van der Waals surface area contributed by atoms with Gasteiger partial charge in [0.25, 0.3) is 5.91 Å². The molecule has 254 valence electrons. The number of aromatic nitrogens is 2. The van der Waals surface area contributed by atoms with Crippen molar-refractivity contribution >= 4 is 52.2 Å². The van der Waals surface area contributed by atoms with Gasteiger partial charge in [0.05, 0.1) is 32.6 Å². The molecule has 5 rings (SSSR count). The van der Waals surface area contributed by atoms with E-state index in [0.29, 0.717) is 29.0 Å². The molecule has 0 bridgehead atoms. The van der Waals surface area contributed by atoms with Crippen LogP contribution in [0.25, 0.3) is 22.0 Å². The molecule has 3 aromatic carbocycles. The highest BCUT2D eigenvalue weighted by molar-refractivity contribution is 6.37. The normalized spacial score (nSPS) is 14.7. The number of halogens is 11. The van der Waals surface area contributed by atoms with Crippen LogP contribution < -0.4 is 5.73 Å². The fourth-order valence-corrected chi connectivity index (χ4v) is 5.37. The van der Waals surface area contributed by atoms with E-state index in [0.717, 1.165) is 18.2 Å². The third-order valence-corrected chi connectivity index (χ3v) is 7.47. The second kappa shape index (κ2) is 13.8. The lowest BCUT2D eigenvalue weighted by atomic mass is 9.87. The molecule has 1 heterocycles. The van der Waals surface area contributed by atoms with Gasteiger partial charge in [-0.3, -0.25) is 14.4 Å². The van der Waals surface area contributed by atoms with Crippen molar-refractivity contribution in [1.29, 1.82) is 5.26 Å². The van der Waals surface area contributed by atoms with Crippen LogP contribution in [0, 0.1) is 23.0 Å². The lowest BCUT2D eigenvalue weighted by Gasteiger charge is -2.18. The second-order valence-corrected chi connectivity index (χ2v) is 10.8. The lowest BCUT2D eigenvalue weighted by molar-refractivity contribution is -0.137. The first-order chi connectivity index (χ1) is 22.8. The van der Waals surface area contributed by atoms with E-state index in [2.05, 4.69) is 10.8 Å². The molecule has 0 aliphatic heterocycles. The van der Waals surface area contributed by atoms with Crippen LogP contribution in [-0.4, -0.2) is 40.2 Å². The first-order valence-electron chi connectivity index (χ1n) is 13.2. The fourth-order valence-electron chi connectivity index (χ4n) is 4.90. The first kappa shape index (κ1) is 36.7. The number of hydrogen-bond donors (Lipinski definition) is 1. The van der Waals surface area contributed by atoms with E-state index in [1.54, 1.807) is 6.07 Å². The van der Waals surface area contributed by atoms with E-state index in [1.807, 2.05) is 0 Å². The van der Waals surface area contributed by atoms with Gasteiger partial charge in [-0.05, 0) is 65.7 Å². The number of allylic oxidation sites excluding steroid dienone is 4. The third kappa shape index (κ3) is 7.47. The van der Waals surface area contributed by atoms with Gasteiger partial charge in [0.15, 0.2) is 10.9 Å². The quantitative estimate of drug-likeness (QED) is 0.129. The number of rotatable bonds is 4. The SMILES string of the molecule is N#Cc1c(C(=O)c2cc(F)ccc2Cl)c(-c2cc(F)cc(C(F)(F)F)c2)cc2c1c(Cl)nn2C(=O)C1=CC(C(F)(F)F)=CC(F)C1.NC=O. The summed E-state index contributed by atoms with van der Waals surface area (Å²) in [5.41, 5.74) is -3.36. The lowest BCUT2D eigenvalue weighted by Crippen LogP contribution is -2.23. The molecule has 1 aliphatic rings. The predicted molar refractivity (Wildman–Crippen MR) is 157 cm³/mol. The molecule has 4 aromatic rings. The summed E-state index contributed by atoms with van der Waals surface area (Å²) in [5, 5.41) is 12.5. The number of alkyl halides is 7. The molecule has 1 aliphatic carbocycles. The number of primary amides is 1. The maximum Gasteiger partial charge on any atom is 0.416 e. The van der Waals surface area contributed by atoms with Gasteiger partial charge in [0, 0.05) is 23.1 Å². The van der Waals surface area contributed by atoms with Crippen LogP contribution in [0.4, 0.5) is 39.5 Å². The fraction of sp³-hybridized carbons (Fsp3) is 0.129. The van der Waals surface area contributed by atoms with Crippen molar-refractivity contribution in [3.63, 3.8) is 0 Å². The second-order valence-electron chi connectivity index (χ2n) is 10.0.